The smallest absolute Gasteiger partial charge is 0.336 e. The van der Waals surface area contributed by atoms with E-state index in [1.54, 1.807) is 13.0 Å². The summed E-state index contributed by atoms with van der Waals surface area (Å²) in [4.78, 5) is 24.0. The third kappa shape index (κ3) is 2.94. The zero-order valence-electron chi connectivity index (χ0n) is 15.7. The first-order chi connectivity index (χ1) is 12.2. The number of ether oxygens (including phenoxy) is 2. The molecule has 2 aliphatic carbocycles. The Balaban J connectivity index is 1.85. The molecule has 0 unspecified atom stereocenters. The monoisotopic (exact) mass is 358 g/mol. The quantitative estimate of drug-likeness (QED) is 0.616. The minimum atomic E-state index is -1.64. The largest absolute Gasteiger partial charge is 0.458 e. The second-order valence-corrected chi connectivity index (χ2v) is 7.59. The van der Waals surface area contributed by atoms with Crippen molar-refractivity contribution < 1.29 is 24.2 Å². The van der Waals surface area contributed by atoms with Crippen molar-refractivity contribution in [3.8, 4) is 0 Å². The summed E-state index contributed by atoms with van der Waals surface area (Å²) < 4.78 is 10.9. The topological polar surface area (TPSA) is 72.8 Å². The lowest BCUT2D eigenvalue weighted by molar-refractivity contribution is -0.170. The minimum Gasteiger partial charge on any atom is -0.458 e. The first kappa shape index (κ1) is 18.6. The normalized spacial score (nSPS) is 35.9. The lowest BCUT2D eigenvalue weighted by Gasteiger charge is -2.47. The number of hydrogen-bond acceptors (Lipinski definition) is 5. The van der Waals surface area contributed by atoms with Gasteiger partial charge in [-0.2, -0.15) is 0 Å². The molecule has 26 heavy (non-hydrogen) atoms. The molecule has 0 aromatic carbocycles. The Hall–Kier alpha value is -2.14. The number of carbonyl (C=O) groups is 2. The second-order valence-electron chi connectivity index (χ2n) is 7.59. The van der Waals surface area contributed by atoms with Gasteiger partial charge in [0.1, 0.15) is 6.10 Å². The molecular weight excluding hydrogens is 332 g/mol. The van der Waals surface area contributed by atoms with Gasteiger partial charge >= 0.3 is 11.9 Å². The first-order valence-corrected chi connectivity index (χ1v) is 9.09. The van der Waals surface area contributed by atoms with Crippen molar-refractivity contribution in [2.24, 2.45) is 11.3 Å². The maximum Gasteiger partial charge on any atom is 0.336 e. The number of fused-ring (bicyclic) bond motifs is 2. The molecule has 1 heterocycles. The molecule has 1 N–H and O–H groups in total. The highest BCUT2D eigenvalue weighted by atomic mass is 16.7. The van der Waals surface area contributed by atoms with E-state index in [2.05, 4.69) is 6.92 Å². The minimum absolute atomic E-state index is 0.00460. The van der Waals surface area contributed by atoms with E-state index < -0.39 is 11.8 Å². The van der Waals surface area contributed by atoms with Gasteiger partial charge in [0.25, 0.3) is 5.79 Å². The van der Waals surface area contributed by atoms with E-state index >= 15 is 0 Å². The van der Waals surface area contributed by atoms with Crippen LogP contribution in [-0.4, -0.2) is 28.9 Å². The SMILES string of the molecule is C/C=C/CCC(=O)O[C@H]1C=CC2=C[C@]3(O)OC(=O)C(C)=C3C[C@]2(C)[C@H]1C. The van der Waals surface area contributed by atoms with Crippen LogP contribution in [0.1, 0.15) is 47.0 Å². The van der Waals surface area contributed by atoms with Gasteiger partial charge < -0.3 is 14.6 Å². The Kier molecular flexibility index (Phi) is 4.69. The van der Waals surface area contributed by atoms with E-state index in [-0.39, 0.29) is 23.4 Å². The summed E-state index contributed by atoms with van der Waals surface area (Å²) in [5, 5.41) is 10.7. The van der Waals surface area contributed by atoms with Crippen LogP contribution in [0.25, 0.3) is 0 Å². The van der Waals surface area contributed by atoms with Gasteiger partial charge in [-0.15, -0.1) is 0 Å². The van der Waals surface area contributed by atoms with Gasteiger partial charge in [0.15, 0.2) is 0 Å². The molecule has 1 aliphatic heterocycles. The van der Waals surface area contributed by atoms with Crippen molar-refractivity contribution in [2.75, 3.05) is 0 Å². The maximum absolute atomic E-state index is 12.1. The Bertz CT molecular complexity index is 756. The molecule has 0 radical (unpaired) electrons. The first-order valence-electron chi connectivity index (χ1n) is 9.09. The molecule has 3 aliphatic rings. The van der Waals surface area contributed by atoms with Crippen LogP contribution in [0.4, 0.5) is 0 Å². The van der Waals surface area contributed by atoms with Gasteiger partial charge in [0, 0.05) is 28.9 Å². The zero-order chi connectivity index (χ0) is 19.1. The highest BCUT2D eigenvalue weighted by Crippen LogP contribution is 2.54. The van der Waals surface area contributed by atoms with Crippen molar-refractivity contribution in [3.63, 3.8) is 0 Å². The van der Waals surface area contributed by atoms with Gasteiger partial charge in [0.2, 0.25) is 0 Å². The lowest BCUT2D eigenvalue weighted by atomic mass is 9.60. The average molecular weight is 358 g/mol. The van der Waals surface area contributed by atoms with Gasteiger partial charge in [-0.1, -0.05) is 32.1 Å². The van der Waals surface area contributed by atoms with E-state index in [4.69, 9.17) is 9.47 Å². The summed E-state index contributed by atoms with van der Waals surface area (Å²) in [5.74, 6) is -2.34. The zero-order valence-corrected chi connectivity index (χ0v) is 15.7. The third-order valence-corrected chi connectivity index (χ3v) is 5.98. The Morgan fingerprint density at radius 3 is 2.92 bits per heavy atom. The van der Waals surface area contributed by atoms with Crippen LogP contribution in [0.3, 0.4) is 0 Å². The molecule has 0 saturated carbocycles. The Morgan fingerprint density at radius 1 is 1.50 bits per heavy atom. The van der Waals surface area contributed by atoms with E-state index in [1.807, 2.05) is 38.2 Å². The number of hydrogen-bond donors (Lipinski definition) is 1. The predicted molar refractivity (Wildman–Crippen MR) is 96.8 cm³/mol. The van der Waals surface area contributed by atoms with Crippen LogP contribution in [0, 0.1) is 11.3 Å². The fourth-order valence-electron chi connectivity index (χ4n) is 4.00. The number of allylic oxidation sites excluding steroid dienone is 4. The molecule has 0 spiro atoms. The van der Waals surface area contributed by atoms with E-state index in [0.717, 1.165) is 5.57 Å². The lowest BCUT2D eigenvalue weighted by Crippen LogP contribution is -2.46. The van der Waals surface area contributed by atoms with Crippen molar-refractivity contribution >= 4 is 11.9 Å². The summed E-state index contributed by atoms with van der Waals surface area (Å²) in [5.41, 5.74) is 1.62. The second kappa shape index (κ2) is 6.54. The fourth-order valence-corrected chi connectivity index (χ4v) is 4.00. The Labute approximate surface area is 154 Å². The molecule has 0 aromatic rings. The van der Waals surface area contributed by atoms with Crippen molar-refractivity contribution in [3.05, 3.63) is 47.1 Å². The molecule has 5 nitrogen and oxygen atoms in total. The van der Waals surface area contributed by atoms with Gasteiger partial charge in [-0.25, -0.2) is 4.79 Å². The molecule has 0 bridgehead atoms. The molecule has 0 saturated heterocycles. The van der Waals surface area contributed by atoms with Crippen LogP contribution >= 0.6 is 0 Å². The summed E-state index contributed by atoms with van der Waals surface area (Å²) in [6.07, 6.45) is 10.4. The van der Waals surface area contributed by atoms with Crippen LogP contribution in [0.5, 0.6) is 0 Å². The van der Waals surface area contributed by atoms with Crippen LogP contribution in [0.15, 0.2) is 47.1 Å². The molecule has 0 fully saturated rings. The van der Waals surface area contributed by atoms with E-state index in [0.29, 0.717) is 30.4 Å². The average Bonchev–Trinajstić information content (AvgIpc) is 2.79. The van der Waals surface area contributed by atoms with Gasteiger partial charge in [-0.3, -0.25) is 4.79 Å². The fraction of sp³-hybridized carbons (Fsp3) is 0.524. The third-order valence-electron chi connectivity index (χ3n) is 5.98. The number of carbonyl (C=O) groups excluding carboxylic acids is 2. The molecular formula is C21H26O5. The standard InChI is InChI=1S/C21H26O5/c1-5-6-7-8-18(22)25-17-10-9-15-11-21(24)16(13(2)19(23)26-21)12-20(15,4)14(17)3/h5-6,9-11,14,17,24H,7-8,12H2,1-4H3/b6-5+/t14-,17-,20+,21-/m0/s1. The maximum atomic E-state index is 12.1. The molecule has 3 rings (SSSR count). The molecule has 140 valence electrons. The van der Waals surface area contributed by atoms with Crippen LogP contribution < -0.4 is 0 Å². The summed E-state index contributed by atoms with van der Waals surface area (Å²) in [7, 11) is 0. The van der Waals surface area contributed by atoms with E-state index in [9.17, 15) is 14.7 Å². The van der Waals surface area contributed by atoms with Crippen molar-refractivity contribution in [2.45, 2.75) is 58.8 Å². The Morgan fingerprint density at radius 2 is 2.23 bits per heavy atom. The number of rotatable bonds is 4. The van der Waals surface area contributed by atoms with Gasteiger partial charge in [-0.05, 0) is 44.4 Å². The van der Waals surface area contributed by atoms with Crippen molar-refractivity contribution in [1.82, 2.24) is 0 Å². The molecule has 0 amide bonds. The summed E-state index contributed by atoms with van der Waals surface area (Å²) in [6, 6.07) is 0. The highest BCUT2D eigenvalue weighted by Gasteiger charge is 2.54. The predicted octanol–water partition coefficient (Wildman–Crippen LogP) is 3.36. The summed E-state index contributed by atoms with van der Waals surface area (Å²) in [6.45, 7) is 7.72. The molecule has 5 heteroatoms. The van der Waals surface area contributed by atoms with Crippen molar-refractivity contribution in [1.29, 1.82) is 0 Å². The van der Waals surface area contributed by atoms with Crippen LogP contribution in [-0.2, 0) is 19.1 Å². The summed E-state index contributed by atoms with van der Waals surface area (Å²) >= 11 is 0. The van der Waals surface area contributed by atoms with E-state index in [1.165, 1.54) is 0 Å². The van der Waals surface area contributed by atoms with Gasteiger partial charge in [0.05, 0.1) is 0 Å². The van der Waals surface area contributed by atoms with Crippen LogP contribution in [0.2, 0.25) is 0 Å². The number of esters is 2. The molecule has 0 aromatic heterocycles. The molecule has 4 atom stereocenters. The highest BCUT2D eigenvalue weighted by molar-refractivity contribution is 5.92. The number of aliphatic hydroxyl groups is 1.